The zero-order chi connectivity index (χ0) is 16.1. The first kappa shape index (κ1) is 15.6. The van der Waals surface area contributed by atoms with Crippen molar-refractivity contribution in [3.63, 3.8) is 0 Å². The molecule has 2 heterocycles. The lowest BCUT2D eigenvalue weighted by molar-refractivity contribution is -0.126. The van der Waals surface area contributed by atoms with Crippen LogP contribution in [0, 0.1) is 0 Å². The Hall–Kier alpha value is -2.33. The Morgan fingerprint density at radius 2 is 1.83 bits per heavy atom. The topological polar surface area (TPSA) is 36.4 Å². The van der Waals surface area contributed by atoms with Gasteiger partial charge in [0.05, 0.1) is 0 Å². The van der Waals surface area contributed by atoms with Gasteiger partial charge in [-0.25, -0.2) is 0 Å². The Labute approximate surface area is 141 Å². The molecule has 0 saturated carbocycles. The van der Waals surface area contributed by atoms with Gasteiger partial charge in [0, 0.05) is 55.4 Å². The molecule has 1 saturated heterocycles. The molecule has 0 bridgehead atoms. The van der Waals surface area contributed by atoms with Crippen molar-refractivity contribution in [3.05, 3.63) is 65.5 Å². The highest BCUT2D eigenvalue weighted by Gasteiger charge is 2.19. The van der Waals surface area contributed by atoms with Gasteiger partial charge in [-0.3, -0.25) is 9.78 Å². The highest BCUT2D eigenvalue weighted by atomic mass is 35.5. The molecule has 0 radical (unpaired) electrons. The monoisotopic (exact) mass is 327 g/mol. The highest BCUT2D eigenvalue weighted by Crippen LogP contribution is 2.15. The van der Waals surface area contributed by atoms with Crippen LogP contribution in [0.2, 0.25) is 5.02 Å². The molecule has 1 fully saturated rings. The Kier molecular flexibility index (Phi) is 4.93. The lowest BCUT2D eigenvalue weighted by Gasteiger charge is -2.35. The third-order valence-electron chi connectivity index (χ3n) is 3.89. The molecule has 5 heteroatoms. The molecule has 4 nitrogen and oxygen atoms in total. The van der Waals surface area contributed by atoms with Crippen molar-refractivity contribution in [1.29, 1.82) is 0 Å². The van der Waals surface area contributed by atoms with Crippen LogP contribution in [0.15, 0.2) is 54.9 Å². The van der Waals surface area contributed by atoms with E-state index in [1.165, 1.54) is 0 Å². The maximum Gasteiger partial charge on any atom is 0.246 e. The van der Waals surface area contributed by atoms with E-state index in [9.17, 15) is 4.79 Å². The molecule has 0 atom stereocenters. The Bertz CT molecular complexity index is 694. The van der Waals surface area contributed by atoms with Gasteiger partial charge < -0.3 is 9.80 Å². The largest absolute Gasteiger partial charge is 0.368 e. The number of amides is 1. The van der Waals surface area contributed by atoms with Crippen molar-refractivity contribution in [2.75, 3.05) is 31.1 Å². The third-order valence-corrected chi connectivity index (χ3v) is 4.12. The van der Waals surface area contributed by atoms with Gasteiger partial charge >= 0.3 is 0 Å². The lowest BCUT2D eigenvalue weighted by Crippen LogP contribution is -2.48. The van der Waals surface area contributed by atoms with Crippen molar-refractivity contribution < 1.29 is 4.79 Å². The van der Waals surface area contributed by atoms with E-state index in [4.69, 9.17) is 11.6 Å². The lowest BCUT2D eigenvalue weighted by atomic mass is 10.2. The molecule has 1 aliphatic heterocycles. The zero-order valence-corrected chi connectivity index (χ0v) is 13.5. The SMILES string of the molecule is O=C(/C=C/c1cccc(Cl)c1)N1CCN(c2ccncc2)CC1. The first-order valence-corrected chi connectivity index (χ1v) is 7.98. The van der Waals surface area contributed by atoms with Gasteiger partial charge in [0.2, 0.25) is 5.91 Å². The number of rotatable bonds is 3. The second-order valence-corrected chi connectivity index (χ2v) is 5.84. The highest BCUT2D eigenvalue weighted by molar-refractivity contribution is 6.30. The van der Waals surface area contributed by atoms with Crippen molar-refractivity contribution in [2.45, 2.75) is 0 Å². The molecule has 1 aliphatic rings. The summed E-state index contributed by atoms with van der Waals surface area (Å²) in [7, 11) is 0. The Balaban J connectivity index is 1.56. The van der Waals surface area contributed by atoms with Crippen molar-refractivity contribution in [1.82, 2.24) is 9.88 Å². The number of benzene rings is 1. The normalized spacial score (nSPS) is 15.2. The fourth-order valence-electron chi connectivity index (χ4n) is 2.62. The van der Waals surface area contributed by atoms with Crippen LogP contribution in [0.5, 0.6) is 0 Å². The first-order valence-electron chi connectivity index (χ1n) is 7.60. The predicted molar refractivity (Wildman–Crippen MR) is 93.5 cm³/mol. The second-order valence-electron chi connectivity index (χ2n) is 5.41. The van der Waals surface area contributed by atoms with Gasteiger partial charge in [-0.05, 0) is 35.9 Å². The van der Waals surface area contributed by atoms with Crippen molar-refractivity contribution in [3.8, 4) is 0 Å². The predicted octanol–water partition coefficient (Wildman–Crippen LogP) is 3.10. The average Bonchev–Trinajstić information content (AvgIpc) is 2.61. The van der Waals surface area contributed by atoms with Gasteiger partial charge in [0.15, 0.2) is 0 Å². The standard InChI is InChI=1S/C18H18ClN3O/c19-16-3-1-2-15(14-16)4-5-18(23)22-12-10-21(11-13-22)17-6-8-20-9-7-17/h1-9,14H,10-13H2/b5-4+. The summed E-state index contributed by atoms with van der Waals surface area (Å²) in [6.07, 6.45) is 7.01. The minimum atomic E-state index is 0.0411. The van der Waals surface area contributed by atoms with E-state index in [1.54, 1.807) is 18.5 Å². The van der Waals surface area contributed by atoms with Crippen LogP contribution in [0.1, 0.15) is 5.56 Å². The molecule has 3 rings (SSSR count). The van der Waals surface area contributed by atoms with E-state index in [0.717, 1.165) is 37.4 Å². The van der Waals surface area contributed by atoms with Crippen molar-refractivity contribution in [2.24, 2.45) is 0 Å². The maximum atomic E-state index is 12.3. The molecule has 0 aliphatic carbocycles. The van der Waals surface area contributed by atoms with E-state index in [2.05, 4.69) is 9.88 Å². The smallest absolute Gasteiger partial charge is 0.246 e. The molecule has 1 aromatic carbocycles. The van der Waals surface area contributed by atoms with E-state index < -0.39 is 0 Å². The van der Waals surface area contributed by atoms with Gasteiger partial charge in [0.1, 0.15) is 0 Å². The summed E-state index contributed by atoms with van der Waals surface area (Å²) in [5, 5.41) is 0.672. The number of halogens is 1. The Morgan fingerprint density at radius 1 is 1.09 bits per heavy atom. The number of anilines is 1. The second kappa shape index (κ2) is 7.29. The average molecular weight is 328 g/mol. The molecule has 118 valence electrons. The molecule has 2 aromatic rings. The number of carbonyl (C=O) groups excluding carboxylic acids is 1. The summed E-state index contributed by atoms with van der Waals surface area (Å²) in [6, 6.07) is 11.5. The van der Waals surface area contributed by atoms with Crippen LogP contribution in [-0.4, -0.2) is 42.0 Å². The minimum Gasteiger partial charge on any atom is -0.368 e. The van der Waals surface area contributed by atoms with Gasteiger partial charge in [-0.15, -0.1) is 0 Å². The zero-order valence-electron chi connectivity index (χ0n) is 12.7. The van der Waals surface area contributed by atoms with E-state index in [-0.39, 0.29) is 5.91 Å². The van der Waals surface area contributed by atoms with Crippen LogP contribution in [0.4, 0.5) is 5.69 Å². The number of hydrogen-bond acceptors (Lipinski definition) is 3. The minimum absolute atomic E-state index is 0.0411. The van der Waals surface area contributed by atoms with Crippen molar-refractivity contribution >= 4 is 29.3 Å². The first-order chi connectivity index (χ1) is 11.2. The molecular formula is C18H18ClN3O. The summed E-state index contributed by atoms with van der Waals surface area (Å²) in [5.74, 6) is 0.0411. The number of carbonyl (C=O) groups is 1. The molecule has 0 unspecified atom stereocenters. The van der Waals surface area contributed by atoms with Gasteiger partial charge in [-0.2, -0.15) is 0 Å². The number of aromatic nitrogens is 1. The molecule has 0 spiro atoms. The molecular weight excluding hydrogens is 310 g/mol. The number of nitrogens with zero attached hydrogens (tertiary/aromatic N) is 3. The van der Waals surface area contributed by atoms with Crippen LogP contribution >= 0.6 is 11.6 Å². The van der Waals surface area contributed by atoms with E-state index in [1.807, 2.05) is 47.4 Å². The summed E-state index contributed by atoms with van der Waals surface area (Å²) in [5.41, 5.74) is 2.09. The van der Waals surface area contributed by atoms with Crippen LogP contribution in [-0.2, 0) is 4.79 Å². The van der Waals surface area contributed by atoms with Crippen LogP contribution in [0.3, 0.4) is 0 Å². The van der Waals surface area contributed by atoms with E-state index >= 15 is 0 Å². The fourth-order valence-corrected chi connectivity index (χ4v) is 2.82. The quantitative estimate of drug-likeness (QED) is 0.813. The Morgan fingerprint density at radius 3 is 2.52 bits per heavy atom. The van der Waals surface area contributed by atoms with Crippen LogP contribution in [0.25, 0.3) is 6.08 Å². The molecule has 1 amide bonds. The van der Waals surface area contributed by atoms with Gasteiger partial charge in [-0.1, -0.05) is 23.7 Å². The van der Waals surface area contributed by atoms with E-state index in [0.29, 0.717) is 5.02 Å². The number of hydrogen-bond donors (Lipinski definition) is 0. The summed E-state index contributed by atoms with van der Waals surface area (Å²) in [4.78, 5) is 20.5. The summed E-state index contributed by atoms with van der Waals surface area (Å²) < 4.78 is 0. The number of piperazine rings is 1. The fraction of sp³-hybridized carbons (Fsp3) is 0.222. The third kappa shape index (κ3) is 4.11. The maximum absolute atomic E-state index is 12.3. The number of pyridine rings is 1. The molecule has 1 aromatic heterocycles. The molecule has 23 heavy (non-hydrogen) atoms. The van der Waals surface area contributed by atoms with Crippen LogP contribution < -0.4 is 4.90 Å². The van der Waals surface area contributed by atoms with Gasteiger partial charge in [0.25, 0.3) is 0 Å². The summed E-state index contributed by atoms with van der Waals surface area (Å²) in [6.45, 7) is 3.11. The summed E-state index contributed by atoms with van der Waals surface area (Å²) >= 11 is 5.94. The molecule has 0 N–H and O–H groups in total.